The summed E-state index contributed by atoms with van der Waals surface area (Å²) in [5, 5.41) is 2.83. The molecule has 0 atom stereocenters. The minimum Gasteiger partial charge on any atom is -0.282 e. The molecule has 0 spiro atoms. The molecular formula is C11H13BrNO+. The van der Waals surface area contributed by atoms with Crippen molar-refractivity contribution in [2.75, 3.05) is 7.11 Å². The van der Waals surface area contributed by atoms with Gasteiger partial charge in [-0.15, -0.1) is 0 Å². The van der Waals surface area contributed by atoms with Crippen molar-refractivity contribution in [3.63, 3.8) is 0 Å². The van der Waals surface area contributed by atoms with Gasteiger partial charge in [-0.3, -0.25) is 4.84 Å². The summed E-state index contributed by atoms with van der Waals surface area (Å²) in [4.78, 5) is 4.90. The Bertz CT molecular complexity index is 361. The molecule has 0 bridgehead atoms. The highest BCUT2D eigenvalue weighted by atomic mass is 79.9. The van der Waals surface area contributed by atoms with Crippen molar-refractivity contribution in [2.24, 2.45) is 0 Å². The fourth-order valence-electron chi connectivity index (χ4n) is 1.24. The third-order valence-corrected chi connectivity index (χ3v) is 2.43. The summed E-state index contributed by atoms with van der Waals surface area (Å²) in [5.74, 6) is 0. The molecule has 0 saturated heterocycles. The highest BCUT2D eigenvalue weighted by molar-refractivity contribution is 9.12. The van der Waals surface area contributed by atoms with Gasteiger partial charge in [0.05, 0.1) is 5.57 Å². The lowest BCUT2D eigenvalue weighted by molar-refractivity contribution is -0.743. The van der Waals surface area contributed by atoms with Crippen LogP contribution in [0.25, 0.3) is 0 Å². The van der Waals surface area contributed by atoms with E-state index in [2.05, 4.69) is 33.7 Å². The van der Waals surface area contributed by atoms with Crippen LogP contribution in [0.1, 0.15) is 6.92 Å². The molecule has 0 radical (unpaired) electrons. The summed E-state index contributed by atoms with van der Waals surface area (Å²) in [7, 11) is 1.59. The van der Waals surface area contributed by atoms with Crippen molar-refractivity contribution in [2.45, 2.75) is 6.92 Å². The Morgan fingerprint density at radius 3 is 2.79 bits per heavy atom. The van der Waals surface area contributed by atoms with Crippen LogP contribution in [0, 0.1) is 0 Å². The molecule has 0 aromatic rings. The zero-order valence-electron chi connectivity index (χ0n) is 8.30. The van der Waals surface area contributed by atoms with Crippen LogP contribution < -0.4 is 5.16 Å². The molecule has 0 saturated carbocycles. The topological polar surface area (TPSA) is 23.2 Å². The van der Waals surface area contributed by atoms with Crippen LogP contribution in [0.3, 0.4) is 0 Å². The lowest BCUT2D eigenvalue weighted by Crippen LogP contribution is -2.71. The molecule has 1 N–H and O–H groups in total. The van der Waals surface area contributed by atoms with Crippen LogP contribution in [0.5, 0.6) is 0 Å². The third-order valence-electron chi connectivity index (χ3n) is 1.77. The lowest BCUT2D eigenvalue weighted by Gasteiger charge is -2.07. The van der Waals surface area contributed by atoms with E-state index in [9.17, 15) is 0 Å². The van der Waals surface area contributed by atoms with Gasteiger partial charge in [0, 0.05) is 10.6 Å². The van der Waals surface area contributed by atoms with Gasteiger partial charge in [0.2, 0.25) is 0 Å². The van der Waals surface area contributed by atoms with Crippen LogP contribution in [0.15, 0.2) is 46.5 Å². The minimum absolute atomic E-state index is 0.930. The Hall–Kier alpha value is -1.09. The van der Waals surface area contributed by atoms with Gasteiger partial charge >= 0.3 is 0 Å². The molecule has 0 aliphatic heterocycles. The van der Waals surface area contributed by atoms with Gasteiger partial charge in [-0.1, -0.05) is 12.7 Å². The maximum absolute atomic E-state index is 4.90. The summed E-state index contributed by atoms with van der Waals surface area (Å²) in [5.41, 5.74) is 3.13. The molecule has 1 rings (SSSR count). The second kappa shape index (κ2) is 4.96. The Morgan fingerprint density at radius 2 is 2.21 bits per heavy atom. The van der Waals surface area contributed by atoms with Gasteiger partial charge in [-0.2, -0.15) is 0 Å². The molecule has 0 aromatic carbocycles. The van der Waals surface area contributed by atoms with Crippen molar-refractivity contribution in [3.05, 3.63) is 46.5 Å². The number of hydrogen-bond acceptors (Lipinski definition) is 1. The molecule has 0 heterocycles. The van der Waals surface area contributed by atoms with Crippen LogP contribution in [0.2, 0.25) is 0 Å². The SMILES string of the molecule is C=C/C=C1/C(Br)=CC(C)=C/C1=[NH+]\OC. The molecule has 3 heteroatoms. The number of nitrogens with one attached hydrogen (secondary N) is 1. The highest BCUT2D eigenvalue weighted by Crippen LogP contribution is 2.24. The van der Waals surface area contributed by atoms with E-state index in [0.29, 0.717) is 0 Å². The van der Waals surface area contributed by atoms with Crippen molar-refractivity contribution < 1.29 is 9.99 Å². The first kappa shape index (κ1) is 11.0. The average Bonchev–Trinajstić information content (AvgIpc) is 2.11. The van der Waals surface area contributed by atoms with E-state index < -0.39 is 0 Å². The second-order valence-corrected chi connectivity index (χ2v) is 3.77. The summed E-state index contributed by atoms with van der Waals surface area (Å²) in [6.07, 6.45) is 7.74. The summed E-state index contributed by atoms with van der Waals surface area (Å²) >= 11 is 3.49. The number of allylic oxidation sites excluding steroid dienone is 7. The standard InChI is InChI=1S/C11H12BrNO/c1-4-5-9-10(12)6-8(2)7-11(9)13-14-3/h4-7H,1H2,2-3H3/p+1/b9-5-,13-11+. The van der Waals surface area contributed by atoms with E-state index in [1.165, 1.54) is 0 Å². The fraction of sp³-hybridized carbons (Fsp3) is 0.182. The van der Waals surface area contributed by atoms with Gasteiger partial charge in [0.15, 0.2) is 0 Å². The normalized spacial score (nSPS) is 21.9. The second-order valence-electron chi connectivity index (χ2n) is 2.92. The van der Waals surface area contributed by atoms with Crippen LogP contribution in [-0.2, 0) is 4.84 Å². The van der Waals surface area contributed by atoms with Crippen molar-refractivity contribution in [1.29, 1.82) is 0 Å². The Balaban J connectivity index is 3.16. The first-order valence-electron chi connectivity index (χ1n) is 4.24. The maximum Gasteiger partial charge on any atom is 0.256 e. The zero-order valence-corrected chi connectivity index (χ0v) is 9.89. The van der Waals surface area contributed by atoms with E-state index in [0.717, 1.165) is 21.3 Å². The van der Waals surface area contributed by atoms with Gasteiger partial charge in [-0.05, 0) is 45.7 Å². The Labute approximate surface area is 92.5 Å². The highest BCUT2D eigenvalue weighted by Gasteiger charge is 2.18. The van der Waals surface area contributed by atoms with Crippen molar-refractivity contribution in [1.82, 2.24) is 0 Å². The molecule has 1 aliphatic carbocycles. The maximum atomic E-state index is 4.90. The van der Waals surface area contributed by atoms with E-state index in [1.807, 2.05) is 19.1 Å². The van der Waals surface area contributed by atoms with Crippen LogP contribution >= 0.6 is 15.9 Å². The Morgan fingerprint density at radius 1 is 1.50 bits per heavy atom. The summed E-state index contributed by atoms with van der Waals surface area (Å²) in [6, 6.07) is 0. The van der Waals surface area contributed by atoms with Crippen molar-refractivity contribution >= 4 is 21.6 Å². The summed E-state index contributed by atoms with van der Waals surface area (Å²) in [6.45, 7) is 5.71. The molecule has 14 heavy (non-hydrogen) atoms. The first-order valence-corrected chi connectivity index (χ1v) is 5.03. The van der Waals surface area contributed by atoms with Crippen LogP contribution in [0.4, 0.5) is 0 Å². The van der Waals surface area contributed by atoms with E-state index >= 15 is 0 Å². The van der Waals surface area contributed by atoms with Crippen molar-refractivity contribution in [3.8, 4) is 0 Å². The average molecular weight is 255 g/mol. The molecule has 0 amide bonds. The van der Waals surface area contributed by atoms with Gasteiger partial charge in [-0.25, -0.2) is 0 Å². The van der Waals surface area contributed by atoms with E-state index in [4.69, 9.17) is 4.84 Å². The molecule has 1 aliphatic rings. The molecule has 0 aromatic heterocycles. The first-order chi connectivity index (χ1) is 6.69. The van der Waals surface area contributed by atoms with Gasteiger partial charge in [0.25, 0.3) is 5.71 Å². The minimum atomic E-state index is 0.930. The van der Waals surface area contributed by atoms with Crippen LogP contribution in [-0.4, -0.2) is 12.8 Å². The number of hydrogen-bond donors (Lipinski definition) is 1. The predicted octanol–water partition coefficient (Wildman–Crippen LogP) is 1.42. The lowest BCUT2D eigenvalue weighted by atomic mass is 10.0. The van der Waals surface area contributed by atoms with E-state index in [1.54, 1.807) is 13.2 Å². The summed E-state index contributed by atoms with van der Waals surface area (Å²) < 4.78 is 1.02. The Kier molecular flexibility index (Phi) is 3.89. The third kappa shape index (κ3) is 2.45. The molecule has 2 nitrogen and oxygen atoms in total. The molecule has 0 fully saturated rings. The zero-order chi connectivity index (χ0) is 10.6. The van der Waals surface area contributed by atoms with Gasteiger partial charge in [0.1, 0.15) is 7.11 Å². The quantitative estimate of drug-likeness (QED) is 0.741. The smallest absolute Gasteiger partial charge is 0.256 e. The number of rotatable bonds is 2. The predicted molar refractivity (Wildman–Crippen MR) is 62.0 cm³/mol. The van der Waals surface area contributed by atoms with E-state index in [-0.39, 0.29) is 0 Å². The largest absolute Gasteiger partial charge is 0.282 e. The van der Waals surface area contributed by atoms with Gasteiger partial charge < -0.3 is 0 Å². The monoisotopic (exact) mass is 254 g/mol. The molecular weight excluding hydrogens is 242 g/mol. The number of halogens is 1. The molecule has 74 valence electrons. The molecule has 0 unspecified atom stereocenters. The fourth-order valence-corrected chi connectivity index (χ4v) is 1.94.